The Balaban J connectivity index is 1.69. The number of ether oxygens (including phenoxy) is 9. The molecule has 1 heterocycles. The van der Waals surface area contributed by atoms with Gasteiger partial charge in [0, 0.05) is 11.8 Å². The first-order chi connectivity index (χ1) is 15.9. The van der Waals surface area contributed by atoms with Crippen molar-refractivity contribution in [2.75, 3.05) is 111 Å². The summed E-state index contributed by atoms with van der Waals surface area (Å²) < 4.78 is 49.8. The maximum absolute atomic E-state index is 5.86. The van der Waals surface area contributed by atoms with Gasteiger partial charge in [0.05, 0.1) is 92.5 Å². The van der Waals surface area contributed by atoms with Crippen LogP contribution in [0.4, 0.5) is 5.69 Å². The molecule has 10 nitrogen and oxygen atoms in total. The second-order valence-electron chi connectivity index (χ2n) is 6.69. The quantitative estimate of drug-likeness (QED) is 0.568. The first-order valence-electron chi connectivity index (χ1n) is 11.1. The summed E-state index contributed by atoms with van der Waals surface area (Å²) in [4.78, 5) is 0. The van der Waals surface area contributed by atoms with E-state index in [1.165, 1.54) is 0 Å². The largest absolute Gasteiger partial charge is 0.487 e. The molecule has 2 N–H and O–H groups in total. The zero-order chi connectivity index (χ0) is 22.5. The molecule has 0 aliphatic carbocycles. The van der Waals surface area contributed by atoms with Crippen LogP contribution in [0.5, 0.6) is 11.5 Å². The number of anilines is 1. The fraction of sp³-hybridized carbons (Fsp3) is 0.727. The Morgan fingerprint density at radius 2 is 0.719 bits per heavy atom. The van der Waals surface area contributed by atoms with Crippen LogP contribution in [0.1, 0.15) is 0 Å². The number of hydrogen-bond acceptors (Lipinski definition) is 10. The first-order valence-corrected chi connectivity index (χ1v) is 11.1. The van der Waals surface area contributed by atoms with E-state index in [1.54, 1.807) is 18.2 Å². The van der Waals surface area contributed by atoms with Gasteiger partial charge < -0.3 is 48.4 Å². The molecule has 0 saturated carbocycles. The van der Waals surface area contributed by atoms with Gasteiger partial charge in [0.15, 0.2) is 11.5 Å². The maximum Gasteiger partial charge on any atom is 0.163 e. The van der Waals surface area contributed by atoms with Crippen LogP contribution in [-0.2, 0) is 33.2 Å². The van der Waals surface area contributed by atoms with Crippen molar-refractivity contribution >= 4 is 5.69 Å². The van der Waals surface area contributed by atoms with Gasteiger partial charge in [0.2, 0.25) is 0 Å². The second-order valence-corrected chi connectivity index (χ2v) is 6.69. The lowest BCUT2D eigenvalue weighted by atomic mass is 10.3. The summed E-state index contributed by atoms with van der Waals surface area (Å²) in [7, 11) is 0. The van der Waals surface area contributed by atoms with Gasteiger partial charge in [-0.1, -0.05) is 0 Å². The van der Waals surface area contributed by atoms with E-state index in [-0.39, 0.29) is 0 Å². The predicted molar refractivity (Wildman–Crippen MR) is 118 cm³/mol. The van der Waals surface area contributed by atoms with Gasteiger partial charge in [0.25, 0.3) is 0 Å². The number of rotatable bonds is 0. The van der Waals surface area contributed by atoms with Gasteiger partial charge in [-0.25, -0.2) is 0 Å². The van der Waals surface area contributed by atoms with Crippen molar-refractivity contribution in [2.24, 2.45) is 0 Å². The summed E-state index contributed by atoms with van der Waals surface area (Å²) in [6, 6.07) is 5.29. The molecule has 0 bridgehead atoms. The van der Waals surface area contributed by atoms with Crippen LogP contribution in [0.2, 0.25) is 0 Å². The lowest BCUT2D eigenvalue weighted by molar-refractivity contribution is -0.0215. The smallest absolute Gasteiger partial charge is 0.163 e. The highest BCUT2D eigenvalue weighted by molar-refractivity contribution is 5.51. The normalized spacial score (nSPS) is 20.8. The van der Waals surface area contributed by atoms with Crippen molar-refractivity contribution < 1.29 is 42.6 Å². The molecule has 0 spiro atoms. The van der Waals surface area contributed by atoms with Crippen LogP contribution in [0.15, 0.2) is 18.2 Å². The Morgan fingerprint density at radius 1 is 0.406 bits per heavy atom. The van der Waals surface area contributed by atoms with E-state index in [1.807, 2.05) is 0 Å². The van der Waals surface area contributed by atoms with Crippen LogP contribution < -0.4 is 15.2 Å². The molecule has 1 aliphatic rings. The Kier molecular flexibility index (Phi) is 15.7. The highest BCUT2D eigenvalue weighted by atomic mass is 16.6. The van der Waals surface area contributed by atoms with Gasteiger partial charge in [0.1, 0.15) is 13.2 Å². The summed E-state index contributed by atoms with van der Waals surface area (Å²) in [6.45, 7) is 7.75. The highest BCUT2D eigenvalue weighted by Crippen LogP contribution is 2.29. The van der Waals surface area contributed by atoms with E-state index in [4.69, 9.17) is 48.4 Å². The van der Waals surface area contributed by atoms with E-state index in [0.29, 0.717) is 123 Å². The van der Waals surface area contributed by atoms with Crippen molar-refractivity contribution in [3.05, 3.63) is 18.2 Å². The Bertz CT molecular complexity index is 576. The topological polar surface area (TPSA) is 109 Å². The monoisotopic (exact) mass is 459 g/mol. The Morgan fingerprint density at radius 3 is 1.09 bits per heavy atom. The highest BCUT2D eigenvalue weighted by Gasteiger charge is 2.06. The van der Waals surface area contributed by atoms with Gasteiger partial charge in [-0.05, 0) is 12.1 Å². The van der Waals surface area contributed by atoms with Crippen LogP contribution in [0.25, 0.3) is 0 Å². The van der Waals surface area contributed by atoms with Crippen LogP contribution in [0, 0.1) is 0 Å². The molecule has 1 aliphatic heterocycles. The number of benzene rings is 1. The molecule has 184 valence electrons. The summed E-state index contributed by atoms with van der Waals surface area (Å²) >= 11 is 0. The molecule has 0 aromatic heterocycles. The van der Waals surface area contributed by atoms with E-state index in [9.17, 15) is 0 Å². The van der Waals surface area contributed by atoms with Crippen LogP contribution >= 0.6 is 0 Å². The molecule has 0 fully saturated rings. The lowest BCUT2D eigenvalue weighted by Gasteiger charge is -2.14. The van der Waals surface area contributed by atoms with Crippen molar-refractivity contribution in [1.82, 2.24) is 0 Å². The fourth-order valence-electron chi connectivity index (χ4n) is 2.60. The Hall–Kier alpha value is -1.66. The standard InChI is InChI=1S/C22H37NO9/c23-20-1-2-21-22(19-20)32-18-16-30-14-12-28-10-8-26-6-4-24-3-5-25-7-9-27-11-13-29-15-17-31-21/h1-2,19H,3-18,23H2. The van der Waals surface area contributed by atoms with Crippen molar-refractivity contribution in [3.63, 3.8) is 0 Å². The SMILES string of the molecule is Nc1ccc2c(c1)OCCOCCOCCOCCOCCOCCOCCOCCO2. The third-order valence-corrected chi connectivity index (χ3v) is 4.17. The molecular weight excluding hydrogens is 422 g/mol. The molecular formula is C22H37NO9. The van der Waals surface area contributed by atoms with Crippen molar-refractivity contribution in [1.29, 1.82) is 0 Å². The average molecular weight is 460 g/mol. The molecule has 10 heteroatoms. The van der Waals surface area contributed by atoms with Gasteiger partial charge in [-0.3, -0.25) is 0 Å². The van der Waals surface area contributed by atoms with E-state index in [0.717, 1.165) is 0 Å². The lowest BCUT2D eigenvalue weighted by Crippen LogP contribution is -2.15. The van der Waals surface area contributed by atoms with Gasteiger partial charge in [-0.15, -0.1) is 0 Å². The zero-order valence-electron chi connectivity index (χ0n) is 18.8. The van der Waals surface area contributed by atoms with Gasteiger partial charge in [-0.2, -0.15) is 0 Å². The summed E-state index contributed by atoms with van der Waals surface area (Å²) in [5.74, 6) is 1.19. The number of fused-ring (bicyclic) bond motifs is 1. The van der Waals surface area contributed by atoms with E-state index in [2.05, 4.69) is 0 Å². The molecule has 1 aromatic carbocycles. The predicted octanol–water partition coefficient (Wildman–Crippen LogP) is 1.16. The van der Waals surface area contributed by atoms with Gasteiger partial charge >= 0.3 is 0 Å². The third kappa shape index (κ3) is 13.7. The van der Waals surface area contributed by atoms with Crippen molar-refractivity contribution in [2.45, 2.75) is 0 Å². The van der Waals surface area contributed by atoms with E-state index >= 15 is 0 Å². The van der Waals surface area contributed by atoms with Crippen LogP contribution in [-0.4, -0.2) is 106 Å². The second kappa shape index (κ2) is 18.9. The fourth-order valence-corrected chi connectivity index (χ4v) is 2.60. The number of hydrogen-bond donors (Lipinski definition) is 1. The molecule has 0 amide bonds. The Labute approximate surface area is 190 Å². The minimum Gasteiger partial charge on any atom is -0.487 e. The average Bonchev–Trinajstić information content (AvgIpc) is 2.79. The minimum absolute atomic E-state index is 0.375. The first kappa shape index (κ1) is 26.6. The minimum atomic E-state index is 0.375. The molecule has 1 aromatic rings. The summed E-state index contributed by atoms with van der Waals surface area (Å²) in [6.07, 6.45) is 0. The summed E-state index contributed by atoms with van der Waals surface area (Å²) in [5.41, 5.74) is 6.47. The molecule has 0 saturated heterocycles. The molecule has 2 rings (SSSR count). The van der Waals surface area contributed by atoms with Crippen LogP contribution in [0.3, 0.4) is 0 Å². The number of nitrogen functional groups attached to an aromatic ring is 1. The van der Waals surface area contributed by atoms with E-state index < -0.39 is 0 Å². The molecule has 32 heavy (non-hydrogen) atoms. The van der Waals surface area contributed by atoms with Crippen molar-refractivity contribution in [3.8, 4) is 11.5 Å². The maximum atomic E-state index is 5.86. The molecule has 0 radical (unpaired) electrons. The number of nitrogens with two attached hydrogens (primary N) is 1. The zero-order valence-corrected chi connectivity index (χ0v) is 18.8. The molecule has 0 atom stereocenters. The molecule has 0 unspecified atom stereocenters. The third-order valence-electron chi connectivity index (χ3n) is 4.17. The summed E-state index contributed by atoms with van der Waals surface area (Å²) in [5, 5.41) is 0.